The molecule has 0 radical (unpaired) electrons. The number of ether oxygens (including phenoxy) is 1. The van der Waals surface area contributed by atoms with Crippen LogP contribution in [0, 0.1) is 5.92 Å². The van der Waals surface area contributed by atoms with Gasteiger partial charge in [0.05, 0.1) is 18.9 Å². The van der Waals surface area contributed by atoms with Crippen LogP contribution in [0.25, 0.3) is 0 Å². The summed E-state index contributed by atoms with van der Waals surface area (Å²) in [6, 6.07) is 6.61. The van der Waals surface area contributed by atoms with Crippen molar-refractivity contribution in [1.82, 2.24) is 25.4 Å². The quantitative estimate of drug-likeness (QED) is 0.621. The van der Waals surface area contributed by atoms with E-state index in [9.17, 15) is 9.59 Å². The van der Waals surface area contributed by atoms with Crippen molar-refractivity contribution in [2.45, 2.75) is 51.4 Å². The Labute approximate surface area is 182 Å². The maximum atomic E-state index is 12.7. The average molecular weight is 434 g/mol. The SMILES string of the molecule is COc1ccc(C(=O)N[C@H](c2nnc(SCC(=O)NC(C)(C)C)n2C)C(C)C)cc1. The summed E-state index contributed by atoms with van der Waals surface area (Å²) in [6.07, 6.45) is 0. The van der Waals surface area contributed by atoms with Gasteiger partial charge in [0.15, 0.2) is 11.0 Å². The van der Waals surface area contributed by atoms with E-state index in [4.69, 9.17) is 4.74 Å². The van der Waals surface area contributed by atoms with Crippen molar-refractivity contribution in [3.05, 3.63) is 35.7 Å². The molecule has 1 aromatic carbocycles. The lowest BCUT2D eigenvalue weighted by Gasteiger charge is -2.22. The van der Waals surface area contributed by atoms with Crippen LogP contribution in [0.15, 0.2) is 29.4 Å². The molecule has 2 amide bonds. The Balaban J connectivity index is 2.10. The van der Waals surface area contributed by atoms with Gasteiger partial charge in [0, 0.05) is 18.2 Å². The minimum Gasteiger partial charge on any atom is -0.497 e. The molecular weight excluding hydrogens is 402 g/mol. The Kier molecular flexibility index (Phi) is 7.89. The number of hydrogen-bond donors (Lipinski definition) is 2. The normalized spacial score (nSPS) is 12.5. The number of nitrogens with zero attached hydrogens (tertiary/aromatic N) is 3. The average Bonchev–Trinajstić information content (AvgIpc) is 3.03. The number of hydrogen-bond acceptors (Lipinski definition) is 6. The largest absolute Gasteiger partial charge is 0.497 e. The van der Waals surface area contributed by atoms with E-state index < -0.39 is 0 Å². The first-order valence-electron chi connectivity index (χ1n) is 9.80. The topological polar surface area (TPSA) is 98.1 Å². The summed E-state index contributed by atoms with van der Waals surface area (Å²) in [5.41, 5.74) is 0.258. The van der Waals surface area contributed by atoms with Gasteiger partial charge in [-0.2, -0.15) is 0 Å². The number of rotatable bonds is 8. The molecule has 2 N–H and O–H groups in total. The number of aromatic nitrogens is 3. The van der Waals surface area contributed by atoms with E-state index in [0.717, 1.165) is 0 Å². The third-order valence-electron chi connectivity index (χ3n) is 4.30. The summed E-state index contributed by atoms with van der Waals surface area (Å²) in [5.74, 6) is 1.41. The smallest absolute Gasteiger partial charge is 0.251 e. The minimum atomic E-state index is -0.324. The lowest BCUT2D eigenvalue weighted by Crippen LogP contribution is -2.41. The van der Waals surface area contributed by atoms with E-state index in [1.807, 2.05) is 46.2 Å². The molecule has 1 heterocycles. The first kappa shape index (κ1) is 23.7. The van der Waals surface area contributed by atoms with Crippen LogP contribution in [0.5, 0.6) is 5.75 Å². The second-order valence-electron chi connectivity index (χ2n) is 8.41. The third-order valence-corrected chi connectivity index (χ3v) is 5.32. The zero-order chi connectivity index (χ0) is 22.5. The summed E-state index contributed by atoms with van der Waals surface area (Å²) in [5, 5.41) is 15.1. The molecule has 2 aromatic rings. The molecule has 0 aliphatic heterocycles. The maximum absolute atomic E-state index is 12.7. The van der Waals surface area contributed by atoms with Crippen LogP contribution in [0.3, 0.4) is 0 Å². The summed E-state index contributed by atoms with van der Waals surface area (Å²) in [4.78, 5) is 24.8. The molecular formula is C21H31N5O3S. The maximum Gasteiger partial charge on any atom is 0.251 e. The van der Waals surface area contributed by atoms with E-state index in [-0.39, 0.29) is 35.1 Å². The van der Waals surface area contributed by atoms with Crippen molar-refractivity contribution in [1.29, 1.82) is 0 Å². The first-order valence-corrected chi connectivity index (χ1v) is 10.8. The predicted molar refractivity (Wildman–Crippen MR) is 118 cm³/mol. The van der Waals surface area contributed by atoms with Crippen molar-refractivity contribution >= 4 is 23.6 Å². The van der Waals surface area contributed by atoms with Gasteiger partial charge in [-0.15, -0.1) is 10.2 Å². The molecule has 0 saturated heterocycles. The Morgan fingerprint density at radius 3 is 2.33 bits per heavy atom. The van der Waals surface area contributed by atoms with Gasteiger partial charge in [0.25, 0.3) is 5.91 Å². The molecule has 164 valence electrons. The predicted octanol–water partition coefficient (Wildman–Crippen LogP) is 2.96. The molecule has 1 aromatic heterocycles. The molecule has 0 fully saturated rings. The van der Waals surface area contributed by atoms with Crippen LogP contribution in [0.1, 0.15) is 56.8 Å². The molecule has 0 unspecified atom stereocenters. The molecule has 1 atom stereocenters. The van der Waals surface area contributed by atoms with Gasteiger partial charge in [-0.3, -0.25) is 9.59 Å². The highest BCUT2D eigenvalue weighted by Crippen LogP contribution is 2.24. The molecule has 0 aliphatic rings. The number of thioether (sulfide) groups is 1. The molecule has 2 rings (SSSR count). The van der Waals surface area contributed by atoms with E-state index >= 15 is 0 Å². The Hall–Kier alpha value is -2.55. The van der Waals surface area contributed by atoms with Crippen LogP contribution in [0.4, 0.5) is 0 Å². The van der Waals surface area contributed by atoms with Gasteiger partial charge >= 0.3 is 0 Å². The zero-order valence-corrected chi connectivity index (χ0v) is 19.5. The zero-order valence-electron chi connectivity index (χ0n) is 18.6. The van der Waals surface area contributed by atoms with Crippen LogP contribution < -0.4 is 15.4 Å². The van der Waals surface area contributed by atoms with E-state index in [2.05, 4.69) is 20.8 Å². The number of carbonyl (C=O) groups excluding carboxylic acids is 2. The van der Waals surface area contributed by atoms with Crippen LogP contribution in [0.2, 0.25) is 0 Å². The third kappa shape index (κ3) is 6.48. The summed E-state index contributed by atoms with van der Waals surface area (Å²) < 4.78 is 6.97. The molecule has 0 bridgehead atoms. The molecule has 0 spiro atoms. The highest BCUT2D eigenvalue weighted by Gasteiger charge is 2.25. The van der Waals surface area contributed by atoms with Gasteiger partial charge in [-0.05, 0) is 51.0 Å². The Bertz CT molecular complexity index is 872. The molecule has 30 heavy (non-hydrogen) atoms. The summed E-state index contributed by atoms with van der Waals surface area (Å²) >= 11 is 1.32. The fourth-order valence-corrected chi connectivity index (χ4v) is 3.52. The lowest BCUT2D eigenvalue weighted by molar-refractivity contribution is -0.119. The first-order chi connectivity index (χ1) is 14.0. The van der Waals surface area contributed by atoms with Gasteiger partial charge in [0.1, 0.15) is 5.75 Å². The van der Waals surface area contributed by atoms with Crippen molar-refractivity contribution < 1.29 is 14.3 Å². The minimum absolute atomic E-state index is 0.0646. The number of benzene rings is 1. The number of methoxy groups -OCH3 is 1. The standard InChI is InChI=1S/C21H31N5O3S/c1-13(2)17(22-19(28)14-8-10-15(29-7)11-9-14)18-24-25-20(26(18)6)30-12-16(27)23-21(3,4)5/h8-11,13,17H,12H2,1-7H3,(H,22,28)(H,23,27)/t17-/m0/s1. The highest BCUT2D eigenvalue weighted by molar-refractivity contribution is 7.99. The second kappa shape index (κ2) is 9.97. The van der Waals surface area contributed by atoms with Crippen molar-refractivity contribution in [3.63, 3.8) is 0 Å². The summed E-state index contributed by atoms with van der Waals surface area (Å²) in [6.45, 7) is 9.84. The molecule has 0 saturated carbocycles. The van der Waals surface area contributed by atoms with Gasteiger partial charge in [0.2, 0.25) is 5.91 Å². The van der Waals surface area contributed by atoms with Gasteiger partial charge in [-0.25, -0.2) is 0 Å². The fraction of sp³-hybridized carbons (Fsp3) is 0.524. The summed E-state index contributed by atoms with van der Waals surface area (Å²) in [7, 11) is 3.43. The Morgan fingerprint density at radius 2 is 1.80 bits per heavy atom. The number of nitrogens with one attached hydrogen (secondary N) is 2. The van der Waals surface area contributed by atoms with Crippen LogP contribution in [-0.2, 0) is 11.8 Å². The fourth-order valence-electron chi connectivity index (χ4n) is 2.80. The van der Waals surface area contributed by atoms with E-state index in [0.29, 0.717) is 22.3 Å². The van der Waals surface area contributed by atoms with E-state index in [1.54, 1.807) is 31.4 Å². The highest BCUT2D eigenvalue weighted by atomic mass is 32.2. The van der Waals surface area contributed by atoms with Crippen molar-refractivity contribution in [3.8, 4) is 5.75 Å². The monoisotopic (exact) mass is 433 g/mol. The lowest BCUT2D eigenvalue weighted by atomic mass is 10.0. The molecule has 8 nitrogen and oxygen atoms in total. The van der Waals surface area contributed by atoms with E-state index in [1.165, 1.54) is 11.8 Å². The molecule has 9 heteroatoms. The molecule has 0 aliphatic carbocycles. The van der Waals surface area contributed by atoms with Crippen LogP contribution >= 0.6 is 11.8 Å². The van der Waals surface area contributed by atoms with Crippen molar-refractivity contribution in [2.24, 2.45) is 13.0 Å². The Morgan fingerprint density at radius 1 is 1.17 bits per heavy atom. The number of amides is 2. The van der Waals surface area contributed by atoms with Crippen LogP contribution in [-0.4, -0.2) is 45.0 Å². The van der Waals surface area contributed by atoms with Gasteiger partial charge in [-0.1, -0.05) is 25.6 Å². The van der Waals surface area contributed by atoms with Crippen molar-refractivity contribution in [2.75, 3.05) is 12.9 Å². The second-order valence-corrected chi connectivity index (χ2v) is 9.35. The van der Waals surface area contributed by atoms with Gasteiger partial charge < -0.3 is 19.9 Å². The number of carbonyl (C=O) groups is 2.